The number of carbonyl (C=O) groups excluding carboxylic acids is 1. The van der Waals surface area contributed by atoms with Crippen LogP contribution in [0.25, 0.3) is 0 Å². The molecule has 0 spiro atoms. The molecule has 1 amide bonds. The lowest BCUT2D eigenvalue weighted by atomic mass is 10.4. The highest BCUT2D eigenvalue weighted by Gasteiger charge is 2.03. The Bertz CT molecular complexity index is 272. The van der Waals surface area contributed by atoms with Gasteiger partial charge in [0.15, 0.2) is 0 Å². The zero-order valence-corrected chi connectivity index (χ0v) is 7.52. The molecular weight excluding hydrogens is 176 g/mol. The Labute approximate surface area is 74.1 Å². The predicted octanol–water partition coefficient (Wildman–Crippen LogP) is -0.579. The molecule has 1 heterocycles. The van der Waals surface area contributed by atoms with Crippen molar-refractivity contribution in [3.05, 3.63) is 10.6 Å². The quantitative estimate of drug-likeness (QED) is 0.662. The summed E-state index contributed by atoms with van der Waals surface area (Å²) in [6.45, 7) is 2.35. The number of nitrogens with zero attached hydrogens (tertiary/aromatic N) is 2. The molecule has 0 atom stereocenters. The number of hydrogen-bond donors (Lipinski definition) is 2. The van der Waals surface area contributed by atoms with Gasteiger partial charge < -0.3 is 11.1 Å². The summed E-state index contributed by atoms with van der Waals surface area (Å²) in [5.41, 5.74) is 5.97. The van der Waals surface area contributed by atoms with E-state index in [0.717, 1.165) is 10.6 Å². The van der Waals surface area contributed by atoms with E-state index in [9.17, 15) is 4.79 Å². The topological polar surface area (TPSA) is 80.9 Å². The molecular formula is C6H10N4OS. The number of nitrogens with two attached hydrogens (primary N) is 1. The number of nitrogens with one attached hydrogen (secondary N) is 1. The molecule has 5 nitrogen and oxygen atoms in total. The van der Waals surface area contributed by atoms with Crippen molar-refractivity contribution >= 4 is 17.4 Å². The molecule has 0 fully saturated rings. The van der Waals surface area contributed by atoms with E-state index in [1.165, 1.54) is 11.5 Å². The maximum absolute atomic E-state index is 10.7. The highest BCUT2D eigenvalue weighted by molar-refractivity contribution is 7.05. The van der Waals surface area contributed by atoms with Crippen molar-refractivity contribution < 1.29 is 4.79 Å². The second-order valence-corrected chi connectivity index (χ2v) is 3.10. The Hall–Kier alpha value is -1.01. The molecule has 1 aromatic heterocycles. The monoisotopic (exact) mass is 186 g/mol. The SMILES string of the molecule is Cc1nnsc1CNC(=O)CN. The van der Waals surface area contributed by atoms with Gasteiger partial charge in [0.25, 0.3) is 0 Å². The summed E-state index contributed by atoms with van der Waals surface area (Å²) < 4.78 is 3.73. The van der Waals surface area contributed by atoms with Gasteiger partial charge in [0.1, 0.15) is 0 Å². The lowest BCUT2D eigenvalue weighted by Crippen LogP contribution is -2.29. The van der Waals surface area contributed by atoms with E-state index in [0.29, 0.717) is 6.54 Å². The molecule has 12 heavy (non-hydrogen) atoms. The fourth-order valence-corrected chi connectivity index (χ4v) is 1.24. The first-order chi connectivity index (χ1) is 5.74. The molecule has 0 aliphatic carbocycles. The molecule has 0 aliphatic heterocycles. The van der Waals surface area contributed by atoms with Crippen LogP contribution in [0.1, 0.15) is 10.6 Å². The Kier molecular flexibility index (Phi) is 3.12. The number of aromatic nitrogens is 2. The van der Waals surface area contributed by atoms with E-state index >= 15 is 0 Å². The van der Waals surface area contributed by atoms with Gasteiger partial charge >= 0.3 is 0 Å². The molecule has 0 saturated heterocycles. The van der Waals surface area contributed by atoms with E-state index in [2.05, 4.69) is 14.9 Å². The van der Waals surface area contributed by atoms with Crippen LogP contribution in [0.4, 0.5) is 0 Å². The van der Waals surface area contributed by atoms with Crippen molar-refractivity contribution in [1.29, 1.82) is 0 Å². The zero-order valence-electron chi connectivity index (χ0n) is 6.70. The molecule has 1 rings (SSSR count). The number of amides is 1. The maximum atomic E-state index is 10.7. The van der Waals surface area contributed by atoms with Crippen LogP contribution in [0.2, 0.25) is 0 Å². The van der Waals surface area contributed by atoms with Crippen LogP contribution in [0.15, 0.2) is 0 Å². The number of hydrogen-bond acceptors (Lipinski definition) is 5. The molecule has 0 aromatic carbocycles. The van der Waals surface area contributed by atoms with Gasteiger partial charge in [-0.1, -0.05) is 4.49 Å². The first-order valence-corrected chi connectivity index (χ1v) is 4.26. The fourth-order valence-electron chi connectivity index (χ4n) is 0.664. The molecule has 3 N–H and O–H groups in total. The van der Waals surface area contributed by atoms with E-state index in [4.69, 9.17) is 5.73 Å². The Balaban J connectivity index is 2.43. The summed E-state index contributed by atoms with van der Waals surface area (Å²) in [5.74, 6) is -0.164. The smallest absolute Gasteiger partial charge is 0.234 e. The van der Waals surface area contributed by atoms with Crippen molar-refractivity contribution in [2.45, 2.75) is 13.5 Å². The molecule has 1 aromatic rings. The van der Waals surface area contributed by atoms with Crippen molar-refractivity contribution in [1.82, 2.24) is 14.9 Å². The molecule has 6 heteroatoms. The van der Waals surface area contributed by atoms with Crippen LogP contribution in [0.5, 0.6) is 0 Å². The van der Waals surface area contributed by atoms with Gasteiger partial charge in [0.05, 0.1) is 23.7 Å². The first-order valence-electron chi connectivity index (χ1n) is 3.48. The van der Waals surface area contributed by atoms with Gasteiger partial charge in [-0.2, -0.15) is 0 Å². The first kappa shape index (κ1) is 9.08. The van der Waals surface area contributed by atoms with Gasteiger partial charge in [-0.05, 0) is 18.5 Å². The predicted molar refractivity (Wildman–Crippen MR) is 45.5 cm³/mol. The van der Waals surface area contributed by atoms with Crippen LogP contribution in [0, 0.1) is 6.92 Å². The third kappa shape index (κ3) is 2.24. The fraction of sp³-hybridized carbons (Fsp3) is 0.500. The standard InChI is InChI=1S/C6H10N4OS/c1-4-5(12-10-9-4)3-8-6(11)2-7/h2-3,7H2,1H3,(H,8,11). The molecule has 0 saturated carbocycles. The van der Waals surface area contributed by atoms with Crippen molar-refractivity contribution in [3.63, 3.8) is 0 Å². The second kappa shape index (κ2) is 4.13. The molecule has 0 bridgehead atoms. The largest absolute Gasteiger partial charge is 0.350 e. The number of aryl methyl sites for hydroxylation is 1. The summed E-state index contributed by atoms with van der Waals surface area (Å²) in [6, 6.07) is 0. The van der Waals surface area contributed by atoms with Gasteiger partial charge in [-0.25, -0.2) is 0 Å². The average molecular weight is 186 g/mol. The minimum Gasteiger partial charge on any atom is -0.350 e. The third-order valence-electron chi connectivity index (χ3n) is 1.38. The highest BCUT2D eigenvalue weighted by Crippen LogP contribution is 2.07. The second-order valence-electron chi connectivity index (χ2n) is 2.26. The highest BCUT2D eigenvalue weighted by atomic mass is 32.1. The molecule has 0 aliphatic rings. The normalized spacial score (nSPS) is 9.83. The van der Waals surface area contributed by atoms with E-state index in [-0.39, 0.29) is 12.5 Å². The van der Waals surface area contributed by atoms with Crippen LogP contribution in [-0.2, 0) is 11.3 Å². The van der Waals surface area contributed by atoms with Crippen LogP contribution < -0.4 is 11.1 Å². The Morgan fingerprint density at radius 2 is 2.50 bits per heavy atom. The number of rotatable bonds is 3. The summed E-state index contributed by atoms with van der Waals surface area (Å²) in [4.78, 5) is 11.7. The summed E-state index contributed by atoms with van der Waals surface area (Å²) in [7, 11) is 0. The van der Waals surface area contributed by atoms with Crippen LogP contribution in [0.3, 0.4) is 0 Å². The molecule has 0 radical (unpaired) electrons. The van der Waals surface area contributed by atoms with E-state index in [1.54, 1.807) is 0 Å². The van der Waals surface area contributed by atoms with Crippen LogP contribution >= 0.6 is 11.5 Å². The summed E-state index contributed by atoms with van der Waals surface area (Å²) in [5, 5.41) is 6.45. The number of carbonyl (C=O) groups is 1. The van der Waals surface area contributed by atoms with Gasteiger partial charge in [-0.3, -0.25) is 4.79 Å². The minimum absolute atomic E-state index is 0.0191. The average Bonchev–Trinajstić information content (AvgIpc) is 2.47. The summed E-state index contributed by atoms with van der Waals surface area (Å²) in [6.07, 6.45) is 0. The maximum Gasteiger partial charge on any atom is 0.234 e. The van der Waals surface area contributed by atoms with E-state index in [1.807, 2.05) is 6.92 Å². The van der Waals surface area contributed by atoms with Crippen molar-refractivity contribution in [2.24, 2.45) is 5.73 Å². The van der Waals surface area contributed by atoms with Gasteiger partial charge in [-0.15, -0.1) is 5.10 Å². The van der Waals surface area contributed by atoms with E-state index < -0.39 is 0 Å². The van der Waals surface area contributed by atoms with Gasteiger partial charge in [0.2, 0.25) is 5.91 Å². The summed E-state index contributed by atoms with van der Waals surface area (Å²) >= 11 is 1.29. The zero-order chi connectivity index (χ0) is 8.97. The molecule has 66 valence electrons. The van der Waals surface area contributed by atoms with Crippen molar-refractivity contribution in [3.8, 4) is 0 Å². The Morgan fingerprint density at radius 1 is 1.75 bits per heavy atom. The lowest BCUT2D eigenvalue weighted by molar-refractivity contribution is -0.119. The molecule has 0 unspecified atom stereocenters. The lowest BCUT2D eigenvalue weighted by Gasteiger charge is -1.99. The van der Waals surface area contributed by atoms with Crippen molar-refractivity contribution in [2.75, 3.05) is 6.54 Å². The van der Waals surface area contributed by atoms with Crippen LogP contribution in [-0.4, -0.2) is 22.0 Å². The minimum atomic E-state index is -0.164. The third-order valence-corrected chi connectivity index (χ3v) is 2.20. The van der Waals surface area contributed by atoms with Gasteiger partial charge in [0, 0.05) is 0 Å². The Morgan fingerprint density at radius 3 is 3.00 bits per heavy atom.